The Labute approximate surface area is 155 Å². The fraction of sp³-hybridized carbons (Fsp3) is 0.250. The zero-order chi connectivity index (χ0) is 17.2. The normalized spacial score (nSPS) is 17.8. The molecule has 1 aliphatic heterocycles. The molecule has 1 fully saturated rings. The van der Waals surface area contributed by atoms with E-state index in [0.717, 1.165) is 19.5 Å². The van der Waals surface area contributed by atoms with Crippen molar-refractivity contribution in [2.75, 3.05) is 6.54 Å². The summed E-state index contributed by atoms with van der Waals surface area (Å²) in [6.45, 7) is 2.07. The molecule has 1 amide bonds. The van der Waals surface area contributed by atoms with Gasteiger partial charge in [0.1, 0.15) is 0 Å². The Morgan fingerprint density at radius 3 is 2.68 bits per heavy atom. The number of thiophene rings is 2. The van der Waals surface area contributed by atoms with E-state index in [9.17, 15) is 4.79 Å². The van der Waals surface area contributed by atoms with Crippen molar-refractivity contribution in [1.82, 2.24) is 4.90 Å². The number of likely N-dealkylation sites (tertiary alicyclic amines) is 1. The van der Waals surface area contributed by atoms with Crippen LogP contribution in [0.1, 0.15) is 38.3 Å². The van der Waals surface area contributed by atoms with Crippen molar-refractivity contribution in [1.29, 1.82) is 0 Å². The van der Waals surface area contributed by atoms with Gasteiger partial charge in [0.05, 0.1) is 4.88 Å². The molecular formula is C20H20N2OS2. The lowest BCUT2D eigenvalue weighted by molar-refractivity contribution is 0.100. The number of rotatable bonds is 5. The summed E-state index contributed by atoms with van der Waals surface area (Å²) in [5.74, 6) is -0.327. The summed E-state index contributed by atoms with van der Waals surface area (Å²) in [4.78, 5) is 18.5. The molecule has 1 atom stereocenters. The number of benzene rings is 1. The second kappa shape index (κ2) is 7.12. The molecule has 3 nitrogen and oxygen atoms in total. The molecule has 3 heterocycles. The quantitative estimate of drug-likeness (QED) is 0.695. The molecule has 1 saturated heterocycles. The van der Waals surface area contributed by atoms with Crippen LogP contribution in [0.5, 0.6) is 0 Å². The van der Waals surface area contributed by atoms with Crippen LogP contribution in [0.4, 0.5) is 0 Å². The van der Waals surface area contributed by atoms with Crippen molar-refractivity contribution < 1.29 is 4.79 Å². The molecule has 4 rings (SSSR count). The molecule has 1 aromatic carbocycles. The first kappa shape index (κ1) is 16.5. The molecule has 5 heteroatoms. The maximum atomic E-state index is 11.4. The van der Waals surface area contributed by atoms with Gasteiger partial charge in [0.25, 0.3) is 5.91 Å². The molecule has 2 aromatic heterocycles. The Bertz CT molecular complexity index is 869. The van der Waals surface area contributed by atoms with Crippen LogP contribution in [0.25, 0.3) is 10.4 Å². The van der Waals surface area contributed by atoms with Crippen LogP contribution in [0, 0.1) is 0 Å². The van der Waals surface area contributed by atoms with E-state index in [0.29, 0.717) is 10.9 Å². The second-order valence-corrected chi connectivity index (χ2v) is 8.61. The smallest absolute Gasteiger partial charge is 0.258 e. The summed E-state index contributed by atoms with van der Waals surface area (Å²) in [5, 5.41) is 0. The monoisotopic (exact) mass is 368 g/mol. The molecule has 0 spiro atoms. The van der Waals surface area contributed by atoms with Gasteiger partial charge in [-0.1, -0.05) is 30.3 Å². The predicted molar refractivity (Wildman–Crippen MR) is 105 cm³/mol. The van der Waals surface area contributed by atoms with Gasteiger partial charge in [0.15, 0.2) is 0 Å². The van der Waals surface area contributed by atoms with Crippen molar-refractivity contribution >= 4 is 28.6 Å². The Morgan fingerprint density at radius 1 is 1.08 bits per heavy atom. The molecular weight excluding hydrogens is 348 g/mol. The largest absolute Gasteiger partial charge is 0.365 e. The highest BCUT2D eigenvalue weighted by Crippen LogP contribution is 2.38. The highest BCUT2D eigenvalue weighted by Gasteiger charge is 2.28. The Morgan fingerprint density at radius 2 is 1.92 bits per heavy atom. The van der Waals surface area contributed by atoms with Gasteiger partial charge in [-0.15, -0.1) is 22.7 Å². The van der Waals surface area contributed by atoms with Gasteiger partial charge in [-0.2, -0.15) is 0 Å². The zero-order valence-electron chi connectivity index (χ0n) is 13.9. The molecule has 3 aromatic rings. The molecule has 25 heavy (non-hydrogen) atoms. The summed E-state index contributed by atoms with van der Waals surface area (Å²) in [6, 6.07) is 19.3. The summed E-state index contributed by atoms with van der Waals surface area (Å²) < 4.78 is 0. The number of amides is 1. The summed E-state index contributed by atoms with van der Waals surface area (Å²) in [6.07, 6.45) is 2.35. The molecule has 0 unspecified atom stereocenters. The number of carbonyl (C=O) groups excluding carboxylic acids is 1. The van der Waals surface area contributed by atoms with E-state index in [1.165, 1.54) is 26.6 Å². The molecule has 0 saturated carbocycles. The molecule has 0 radical (unpaired) electrons. The van der Waals surface area contributed by atoms with E-state index in [1.54, 1.807) is 11.3 Å². The Balaban J connectivity index is 1.50. The van der Waals surface area contributed by atoms with E-state index >= 15 is 0 Å². The van der Waals surface area contributed by atoms with Gasteiger partial charge in [-0.3, -0.25) is 9.69 Å². The third-order valence-corrected chi connectivity index (χ3v) is 6.96. The first-order chi connectivity index (χ1) is 12.2. The standard InChI is InChI=1S/C20H20N2OS2/c21-20(23)19-11-10-18(25-19)16-7-4-12-22(16)13-15-8-9-17(24-15)14-5-2-1-3-6-14/h1-3,5-6,8-11,16H,4,7,12-13H2,(H2,21,23)/t16-/m1/s1. The minimum atomic E-state index is -0.327. The maximum absolute atomic E-state index is 11.4. The first-order valence-electron chi connectivity index (χ1n) is 8.48. The van der Waals surface area contributed by atoms with Crippen LogP contribution < -0.4 is 5.73 Å². The number of carbonyl (C=O) groups is 1. The van der Waals surface area contributed by atoms with Crippen LogP contribution in [0.15, 0.2) is 54.6 Å². The number of hydrogen-bond acceptors (Lipinski definition) is 4. The van der Waals surface area contributed by atoms with Crippen LogP contribution in [0.3, 0.4) is 0 Å². The van der Waals surface area contributed by atoms with Gasteiger partial charge < -0.3 is 5.73 Å². The molecule has 1 aliphatic rings. The fourth-order valence-corrected chi connectivity index (χ4v) is 5.49. The van der Waals surface area contributed by atoms with E-state index in [-0.39, 0.29) is 5.91 Å². The van der Waals surface area contributed by atoms with E-state index in [4.69, 9.17) is 5.73 Å². The molecule has 0 aliphatic carbocycles. The third-order valence-electron chi connectivity index (χ3n) is 4.64. The van der Waals surface area contributed by atoms with E-state index in [1.807, 2.05) is 23.5 Å². The van der Waals surface area contributed by atoms with E-state index in [2.05, 4.69) is 47.4 Å². The van der Waals surface area contributed by atoms with Gasteiger partial charge in [-0.05, 0) is 49.2 Å². The van der Waals surface area contributed by atoms with Crippen molar-refractivity contribution in [2.24, 2.45) is 5.73 Å². The van der Waals surface area contributed by atoms with Gasteiger partial charge in [0, 0.05) is 27.2 Å². The van der Waals surface area contributed by atoms with Crippen LogP contribution in [0.2, 0.25) is 0 Å². The van der Waals surface area contributed by atoms with E-state index < -0.39 is 0 Å². The average molecular weight is 369 g/mol. The lowest BCUT2D eigenvalue weighted by Crippen LogP contribution is -2.21. The third kappa shape index (κ3) is 3.54. The number of nitrogens with zero attached hydrogens (tertiary/aromatic N) is 1. The summed E-state index contributed by atoms with van der Waals surface area (Å²) in [7, 11) is 0. The van der Waals surface area contributed by atoms with Gasteiger partial charge in [-0.25, -0.2) is 0 Å². The maximum Gasteiger partial charge on any atom is 0.258 e. The fourth-order valence-electron chi connectivity index (χ4n) is 3.42. The lowest BCUT2D eigenvalue weighted by Gasteiger charge is -2.22. The van der Waals surface area contributed by atoms with Crippen LogP contribution >= 0.6 is 22.7 Å². The zero-order valence-corrected chi connectivity index (χ0v) is 15.5. The average Bonchev–Trinajstić information content (AvgIpc) is 3.36. The second-order valence-electron chi connectivity index (χ2n) is 6.33. The van der Waals surface area contributed by atoms with Crippen molar-refractivity contribution in [3.05, 3.63) is 69.2 Å². The SMILES string of the molecule is NC(=O)c1ccc([C@H]2CCCN2Cc2ccc(-c3ccccc3)s2)s1. The van der Waals surface area contributed by atoms with Crippen molar-refractivity contribution in [3.8, 4) is 10.4 Å². The highest BCUT2D eigenvalue weighted by molar-refractivity contribution is 7.15. The number of primary amides is 1. The van der Waals surface area contributed by atoms with Gasteiger partial charge in [0.2, 0.25) is 0 Å². The number of nitrogens with two attached hydrogens (primary N) is 1. The van der Waals surface area contributed by atoms with Crippen LogP contribution in [-0.2, 0) is 6.54 Å². The minimum absolute atomic E-state index is 0.327. The molecule has 0 bridgehead atoms. The minimum Gasteiger partial charge on any atom is -0.365 e. The molecule has 128 valence electrons. The summed E-state index contributed by atoms with van der Waals surface area (Å²) >= 11 is 3.41. The predicted octanol–water partition coefficient (Wildman–Crippen LogP) is 4.91. The Hall–Kier alpha value is -1.95. The highest BCUT2D eigenvalue weighted by atomic mass is 32.1. The summed E-state index contributed by atoms with van der Waals surface area (Å²) in [5.41, 5.74) is 6.68. The van der Waals surface area contributed by atoms with Crippen molar-refractivity contribution in [3.63, 3.8) is 0 Å². The number of hydrogen-bond donors (Lipinski definition) is 1. The lowest BCUT2D eigenvalue weighted by atomic mass is 10.2. The van der Waals surface area contributed by atoms with Gasteiger partial charge >= 0.3 is 0 Å². The molecule has 2 N–H and O–H groups in total. The first-order valence-corrected chi connectivity index (χ1v) is 10.1. The van der Waals surface area contributed by atoms with Crippen LogP contribution in [-0.4, -0.2) is 17.4 Å². The Kier molecular flexibility index (Phi) is 4.70. The van der Waals surface area contributed by atoms with Crippen molar-refractivity contribution in [2.45, 2.75) is 25.4 Å². The topological polar surface area (TPSA) is 46.3 Å².